The summed E-state index contributed by atoms with van der Waals surface area (Å²) in [5, 5.41) is 3.07. The highest BCUT2D eigenvalue weighted by Crippen LogP contribution is 2.18. The maximum Gasteiger partial charge on any atom is 0.234 e. The monoisotopic (exact) mass is 212 g/mol. The Bertz CT molecular complexity index is 214. The van der Waals surface area contributed by atoms with E-state index in [2.05, 4.69) is 37.9 Å². The Morgan fingerprint density at radius 2 is 1.87 bits per heavy atom. The van der Waals surface area contributed by atoms with Crippen LogP contribution in [0.5, 0.6) is 0 Å². The summed E-state index contributed by atoms with van der Waals surface area (Å²) in [6, 6.07) is 0.229. The molecule has 1 atom stereocenters. The largest absolute Gasteiger partial charge is 0.352 e. The van der Waals surface area contributed by atoms with E-state index in [1.807, 2.05) is 0 Å². The number of carbonyl (C=O) groups is 1. The van der Waals surface area contributed by atoms with E-state index >= 15 is 0 Å². The smallest absolute Gasteiger partial charge is 0.234 e. The van der Waals surface area contributed by atoms with Gasteiger partial charge in [-0.15, -0.1) is 0 Å². The van der Waals surface area contributed by atoms with Crippen LogP contribution in [0.2, 0.25) is 0 Å². The van der Waals surface area contributed by atoms with Gasteiger partial charge in [-0.25, -0.2) is 0 Å². The van der Waals surface area contributed by atoms with Crippen LogP contribution < -0.4 is 5.32 Å². The quantitative estimate of drug-likeness (QED) is 0.771. The Kier molecular flexibility index (Phi) is 4.14. The predicted molar refractivity (Wildman–Crippen MR) is 62.7 cm³/mol. The second-order valence-electron chi connectivity index (χ2n) is 5.64. The standard InChI is InChI=1S/C12H24N2O/c1-10(12(2,3)4)13-11(15)9-14-7-5-6-8-14/h10H,5-9H2,1-4H3,(H,13,15)/t10-/m1/s1. The van der Waals surface area contributed by atoms with Crippen molar-refractivity contribution in [3.05, 3.63) is 0 Å². The molecule has 3 heteroatoms. The summed E-state index contributed by atoms with van der Waals surface area (Å²) >= 11 is 0. The molecule has 15 heavy (non-hydrogen) atoms. The number of amides is 1. The van der Waals surface area contributed by atoms with Crippen LogP contribution in [0.15, 0.2) is 0 Å². The van der Waals surface area contributed by atoms with E-state index in [4.69, 9.17) is 0 Å². The van der Waals surface area contributed by atoms with Gasteiger partial charge in [0.25, 0.3) is 0 Å². The fraction of sp³-hybridized carbons (Fsp3) is 0.917. The lowest BCUT2D eigenvalue weighted by Gasteiger charge is -2.28. The first-order valence-electron chi connectivity index (χ1n) is 5.91. The topological polar surface area (TPSA) is 32.3 Å². The highest BCUT2D eigenvalue weighted by Gasteiger charge is 2.23. The van der Waals surface area contributed by atoms with Crippen LogP contribution in [0.4, 0.5) is 0 Å². The van der Waals surface area contributed by atoms with Crippen molar-refractivity contribution in [2.45, 2.75) is 46.6 Å². The summed E-state index contributed by atoms with van der Waals surface area (Å²) in [4.78, 5) is 13.9. The van der Waals surface area contributed by atoms with Crippen molar-refractivity contribution < 1.29 is 4.79 Å². The minimum absolute atomic E-state index is 0.140. The molecule has 3 nitrogen and oxygen atoms in total. The first kappa shape index (κ1) is 12.5. The summed E-state index contributed by atoms with van der Waals surface area (Å²) in [5.41, 5.74) is 0.140. The summed E-state index contributed by atoms with van der Waals surface area (Å²) in [6.45, 7) is 11.2. The molecule has 0 aromatic heterocycles. The molecule has 0 unspecified atom stereocenters. The molecule has 0 saturated carbocycles. The zero-order valence-corrected chi connectivity index (χ0v) is 10.5. The van der Waals surface area contributed by atoms with Gasteiger partial charge in [-0.2, -0.15) is 0 Å². The van der Waals surface area contributed by atoms with E-state index in [0.29, 0.717) is 6.54 Å². The first-order chi connectivity index (χ1) is 6.89. The zero-order valence-electron chi connectivity index (χ0n) is 10.5. The third-order valence-electron chi connectivity index (χ3n) is 3.24. The second-order valence-corrected chi connectivity index (χ2v) is 5.64. The third-order valence-corrected chi connectivity index (χ3v) is 3.24. The van der Waals surface area contributed by atoms with Crippen molar-refractivity contribution in [3.8, 4) is 0 Å². The van der Waals surface area contributed by atoms with Crippen molar-refractivity contribution in [2.24, 2.45) is 5.41 Å². The minimum Gasteiger partial charge on any atom is -0.352 e. The predicted octanol–water partition coefficient (Wildman–Crippen LogP) is 1.63. The van der Waals surface area contributed by atoms with Gasteiger partial charge in [0, 0.05) is 6.04 Å². The van der Waals surface area contributed by atoms with Crippen LogP contribution in [0, 0.1) is 5.41 Å². The average molecular weight is 212 g/mol. The van der Waals surface area contributed by atoms with Gasteiger partial charge in [0.05, 0.1) is 6.54 Å². The molecule has 0 aromatic rings. The van der Waals surface area contributed by atoms with E-state index < -0.39 is 0 Å². The maximum absolute atomic E-state index is 11.7. The molecule has 0 aliphatic carbocycles. The number of hydrogen-bond acceptors (Lipinski definition) is 2. The molecule has 88 valence electrons. The Morgan fingerprint density at radius 1 is 1.33 bits per heavy atom. The van der Waals surface area contributed by atoms with E-state index in [0.717, 1.165) is 13.1 Å². The van der Waals surface area contributed by atoms with Crippen LogP contribution in [-0.2, 0) is 4.79 Å². The highest BCUT2D eigenvalue weighted by atomic mass is 16.2. The number of rotatable bonds is 3. The Hall–Kier alpha value is -0.570. The molecule has 1 aliphatic rings. The second kappa shape index (κ2) is 4.97. The number of nitrogens with zero attached hydrogens (tertiary/aromatic N) is 1. The van der Waals surface area contributed by atoms with Gasteiger partial charge in [0.15, 0.2) is 0 Å². The van der Waals surface area contributed by atoms with Gasteiger partial charge < -0.3 is 5.32 Å². The van der Waals surface area contributed by atoms with Crippen LogP contribution >= 0.6 is 0 Å². The van der Waals surface area contributed by atoms with Crippen molar-refractivity contribution >= 4 is 5.91 Å². The Labute approximate surface area is 93.2 Å². The van der Waals surface area contributed by atoms with Crippen molar-refractivity contribution in [3.63, 3.8) is 0 Å². The third kappa shape index (κ3) is 4.20. The van der Waals surface area contributed by atoms with Gasteiger partial charge in [-0.1, -0.05) is 20.8 Å². The Morgan fingerprint density at radius 3 is 2.33 bits per heavy atom. The maximum atomic E-state index is 11.7. The van der Waals surface area contributed by atoms with Crippen molar-refractivity contribution in [1.29, 1.82) is 0 Å². The summed E-state index contributed by atoms with van der Waals surface area (Å²) in [5.74, 6) is 0.166. The van der Waals surface area contributed by atoms with Gasteiger partial charge >= 0.3 is 0 Å². The lowest BCUT2D eigenvalue weighted by Crippen LogP contribution is -2.45. The number of carbonyl (C=O) groups excluding carboxylic acids is 1. The number of hydrogen-bond donors (Lipinski definition) is 1. The lowest BCUT2D eigenvalue weighted by atomic mass is 9.88. The first-order valence-corrected chi connectivity index (χ1v) is 5.91. The fourth-order valence-electron chi connectivity index (χ4n) is 1.65. The summed E-state index contributed by atoms with van der Waals surface area (Å²) < 4.78 is 0. The minimum atomic E-state index is 0.140. The van der Waals surface area contributed by atoms with Gasteiger partial charge in [0.1, 0.15) is 0 Å². The van der Waals surface area contributed by atoms with Gasteiger partial charge in [0.2, 0.25) is 5.91 Å². The lowest BCUT2D eigenvalue weighted by molar-refractivity contribution is -0.123. The summed E-state index contributed by atoms with van der Waals surface area (Å²) in [6.07, 6.45) is 2.48. The number of nitrogens with one attached hydrogen (secondary N) is 1. The molecule has 0 aromatic carbocycles. The molecule has 1 amide bonds. The highest BCUT2D eigenvalue weighted by molar-refractivity contribution is 5.78. The van der Waals surface area contributed by atoms with Crippen molar-refractivity contribution in [2.75, 3.05) is 19.6 Å². The number of likely N-dealkylation sites (tertiary alicyclic amines) is 1. The molecule has 1 fully saturated rings. The average Bonchev–Trinajstić information content (AvgIpc) is 2.54. The van der Waals surface area contributed by atoms with Crippen LogP contribution in [0.1, 0.15) is 40.5 Å². The van der Waals surface area contributed by atoms with Crippen molar-refractivity contribution in [1.82, 2.24) is 10.2 Å². The molecular weight excluding hydrogens is 188 g/mol. The van der Waals surface area contributed by atoms with Gasteiger partial charge in [-0.05, 0) is 38.3 Å². The Balaban J connectivity index is 2.29. The van der Waals surface area contributed by atoms with E-state index in [9.17, 15) is 4.79 Å². The molecular formula is C12H24N2O. The van der Waals surface area contributed by atoms with Gasteiger partial charge in [-0.3, -0.25) is 9.69 Å². The fourth-order valence-corrected chi connectivity index (χ4v) is 1.65. The van der Waals surface area contributed by atoms with Crippen LogP contribution in [0.25, 0.3) is 0 Å². The normalized spacial score (nSPS) is 20.3. The van der Waals surface area contributed by atoms with Crippen LogP contribution in [0.3, 0.4) is 0 Å². The van der Waals surface area contributed by atoms with E-state index in [1.54, 1.807) is 0 Å². The molecule has 1 N–H and O–H groups in total. The SMILES string of the molecule is C[C@@H](NC(=O)CN1CCCC1)C(C)(C)C. The zero-order chi connectivity index (χ0) is 11.5. The molecule has 1 rings (SSSR count). The van der Waals surface area contributed by atoms with Crippen LogP contribution in [-0.4, -0.2) is 36.5 Å². The molecule has 1 heterocycles. The van der Waals surface area contributed by atoms with E-state index in [-0.39, 0.29) is 17.4 Å². The molecule has 0 bridgehead atoms. The molecule has 1 saturated heterocycles. The molecule has 0 spiro atoms. The summed E-state index contributed by atoms with van der Waals surface area (Å²) in [7, 11) is 0. The molecule has 0 radical (unpaired) electrons. The van der Waals surface area contributed by atoms with E-state index in [1.165, 1.54) is 12.8 Å². The molecule has 1 aliphatic heterocycles.